The zero-order chi connectivity index (χ0) is 12.3. The Balaban J connectivity index is 2.64. The van der Waals surface area contributed by atoms with E-state index in [1.165, 1.54) is 6.26 Å². The van der Waals surface area contributed by atoms with Crippen molar-refractivity contribution in [3.05, 3.63) is 24.2 Å². The Hall–Kier alpha value is -1.33. The fraction of sp³-hybridized carbons (Fsp3) is 0.545. The average molecular weight is 227 g/mol. The molecule has 1 heterocycles. The summed E-state index contributed by atoms with van der Waals surface area (Å²) in [5, 5.41) is 9.73. The van der Waals surface area contributed by atoms with Crippen LogP contribution in [0.3, 0.4) is 0 Å². The molecule has 0 unspecified atom stereocenters. The number of aliphatic hydroxyl groups is 1. The van der Waals surface area contributed by atoms with Crippen LogP contribution in [-0.2, 0) is 9.53 Å². The Morgan fingerprint density at radius 3 is 2.62 bits per heavy atom. The maximum Gasteiger partial charge on any atom is 0.326 e. The number of ether oxygens (including phenoxy) is 1. The molecule has 2 atom stereocenters. The summed E-state index contributed by atoms with van der Waals surface area (Å²) in [6, 6.07) is 2.01. The molecule has 90 valence electrons. The SMILES string of the molecule is CC(C)(C)OC(=O)[C@@H](N)[C@H](O)c1ccco1. The molecule has 0 spiro atoms. The number of rotatable bonds is 3. The summed E-state index contributed by atoms with van der Waals surface area (Å²) >= 11 is 0. The molecular weight excluding hydrogens is 210 g/mol. The molecule has 0 amide bonds. The highest BCUT2D eigenvalue weighted by atomic mass is 16.6. The predicted octanol–water partition coefficient (Wildman–Crippen LogP) is 0.982. The third-order valence-corrected chi connectivity index (χ3v) is 1.85. The van der Waals surface area contributed by atoms with Crippen molar-refractivity contribution in [1.82, 2.24) is 0 Å². The van der Waals surface area contributed by atoms with Gasteiger partial charge in [0.25, 0.3) is 0 Å². The highest BCUT2D eigenvalue weighted by Gasteiger charge is 2.30. The molecule has 5 nitrogen and oxygen atoms in total. The Bertz CT molecular complexity index is 339. The molecule has 0 aliphatic rings. The van der Waals surface area contributed by atoms with Gasteiger partial charge in [-0.05, 0) is 32.9 Å². The van der Waals surface area contributed by atoms with Crippen molar-refractivity contribution < 1.29 is 19.1 Å². The van der Waals surface area contributed by atoms with Gasteiger partial charge in [-0.3, -0.25) is 4.79 Å². The van der Waals surface area contributed by atoms with Crippen LogP contribution in [-0.4, -0.2) is 22.7 Å². The third kappa shape index (κ3) is 3.36. The van der Waals surface area contributed by atoms with E-state index < -0.39 is 23.7 Å². The van der Waals surface area contributed by atoms with Crippen LogP contribution in [0.2, 0.25) is 0 Å². The average Bonchev–Trinajstić information content (AvgIpc) is 2.65. The lowest BCUT2D eigenvalue weighted by Crippen LogP contribution is -2.41. The van der Waals surface area contributed by atoms with Crippen molar-refractivity contribution in [2.75, 3.05) is 0 Å². The normalized spacial score (nSPS) is 15.6. The number of aliphatic hydroxyl groups excluding tert-OH is 1. The molecule has 0 bridgehead atoms. The number of hydrogen-bond acceptors (Lipinski definition) is 5. The van der Waals surface area contributed by atoms with Gasteiger partial charge in [0.1, 0.15) is 23.5 Å². The van der Waals surface area contributed by atoms with Crippen LogP contribution in [0.1, 0.15) is 32.6 Å². The summed E-state index contributed by atoms with van der Waals surface area (Å²) in [5.74, 6) is -0.408. The van der Waals surface area contributed by atoms with Gasteiger partial charge in [0.15, 0.2) is 0 Å². The lowest BCUT2D eigenvalue weighted by Gasteiger charge is -2.23. The van der Waals surface area contributed by atoms with Gasteiger partial charge < -0.3 is 20.0 Å². The maximum atomic E-state index is 11.5. The molecule has 0 saturated carbocycles. The second kappa shape index (κ2) is 4.67. The van der Waals surface area contributed by atoms with E-state index in [2.05, 4.69) is 0 Å². The van der Waals surface area contributed by atoms with Crippen LogP contribution in [0.15, 0.2) is 22.8 Å². The summed E-state index contributed by atoms with van der Waals surface area (Å²) in [6.45, 7) is 5.20. The third-order valence-electron chi connectivity index (χ3n) is 1.85. The van der Waals surface area contributed by atoms with Crippen molar-refractivity contribution in [1.29, 1.82) is 0 Å². The quantitative estimate of drug-likeness (QED) is 0.752. The summed E-state index contributed by atoms with van der Waals surface area (Å²) in [7, 11) is 0. The highest BCUT2D eigenvalue weighted by Crippen LogP contribution is 2.18. The lowest BCUT2D eigenvalue weighted by atomic mass is 10.1. The van der Waals surface area contributed by atoms with Crippen molar-refractivity contribution in [2.24, 2.45) is 5.73 Å². The molecule has 1 aromatic heterocycles. The van der Waals surface area contributed by atoms with E-state index in [0.29, 0.717) is 0 Å². The molecule has 3 N–H and O–H groups in total. The fourth-order valence-electron chi connectivity index (χ4n) is 1.14. The van der Waals surface area contributed by atoms with E-state index in [1.54, 1.807) is 32.9 Å². The monoisotopic (exact) mass is 227 g/mol. The Morgan fingerprint density at radius 1 is 1.56 bits per heavy atom. The van der Waals surface area contributed by atoms with E-state index in [0.717, 1.165) is 0 Å². The second-order valence-corrected chi connectivity index (χ2v) is 4.52. The van der Waals surface area contributed by atoms with Gasteiger partial charge in [-0.1, -0.05) is 0 Å². The van der Waals surface area contributed by atoms with Crippen LogP contribution < -0.4 is 5.73 Å². The Labute approximate surface area is 94.2 Å². The second-order valence-electron chi connectivity index (χ2n) is 4.52. The molecule has 5 heteroatoms. The van der Waals surface area contributed by atoms with E-state index >= 15 is 0 Å². The van der Waals surface area contributed by atoms with Crippen molar-refractivity contribution in [3.63, 3.8) is 0 Å². The summed E-state index contributed by atoms with van der Waals surface area (Å²) < 4.78 is 10.0. The van der Waals surface area contributed by atoms with Crippen LogP contribution in [0.4, 0.5) is 0 Å². The van der Waals surface area contributed by atoms with Gasteiger partial charge >= 0.3 is 5.97 Å². The zero-order valence-electron chi connectivity index (χ0n) is 9.64. The number of carbonyl (C=O) groups is 1. The minimum atomic E-state index is -1.19. The number of carbonyl (C=O) groups excluding carboxylic acids is 1. The van der Waals surface area contributed by atoms with Crippen molar-refractivity contribution >= 4 is 5.97 Å². The molecule has 0 fully saturated rings. The number of furan rings is 1. The van der Waals surface area contributed by atoms with Gasteiger partial charge in [-0.15, -0.1) is 0 Å². The summed E-state index contributed by atoms with van der Waals surface area (Å²) in [6.07, 6.45) is 0.213. The first-order chi connectivity index (χ1) is 7.31. The van der Waals surface area contributed by atoms with E-state index in [4.69, 9.17) is 14.9 Å². The van der Waals surface area contributed by atoms with E-state index in [1.807, 2.05) is 0 Å². The van der Waals surface area contributed by atoms with Crippen molar-refractivity contribution in [3.8, 4) is 0 Å². The van der Waals surface area contributed by atoms with Gasteiger partial charge in [0.05, 0.1) is 6.26 Å². The molecular formula is C11H17NO4. The summed E-state index contributed by atoms with van der Waals surface area (Å²) in [4.78, 5) is 11.5. The van der Waals surface area contributed by atoms with Gasteiger partial charge in [-0.2, -0.15) is 0 Å². The van der Waals surface area contributed by atoms with Crippen molar-refractivity contribution in [2.45, 2.75) is 38.5 Å². The van der Waals surface area contributed by atoms with Crippen LogP contribution in [0.5, 0.6) is 0 Å². The molecule has 0 saturated heterocycles. The minimum Gasteiger partial charge on any atom is -0.467 e. The van der Waals surface area contributed by atoms with Gasteiger partial charge in [0.2, 0.25) is 0 Å². The first kappa shape index (κ1) is 12.7. The Morgan fingerprint density at radius 2 is 2.19 bits per heavy atom. The smallest absolute Gasteiger partial charge is 0.326 e. The molecule has 16 heavy (non-hydrogen) atoms. The predicted molar refractivity (Wildman–Crippen MR) is 57.5 cm³/mol. The van der Waals surface area contributed by atoms with Crippen LogP contribution in [0.25, 0.3) is 0 Å². The Kier molecular flexibility index (Phi) is 3.72. The topological polar surface area (TPSA) is 85.7 Å². The number of hydrogen-bond donors (Lipinski definition) is 2. The fourth-order valence-corrected chi connectivity index (χ4v) is 1.14. The number of nitrogens with two attached hydrogens (primary N) is 1. The lowest BCUT2D eigenvalue weighted by molar-refractivity contribution is -0.159. The first-order valence-corrected chi connectivity index (χ1v) is 5.01. The molecule has 1 aromatic rings. The molecule has 0 radical (unpaired) electrons. The largest absolute Gasteiger partial charge is 0.467 e. The van der Waals surface area contributed by atoms with Crippen LogP contribution >= 0.6 is 0 Å². The molecule has 0 aliphatic heterocycles. The highest BCUT2D eigenvalue weighted by molar-refractivity contribution is 5.76. The standard InChI is InChI=1S/C11H17NO4/c1-11(2,3)16-10(14)8(12)9(13)7-5-4-6-15-7/h4-6,8-9,13H,12H2,1-3H3/t8-,9+/m0/s1. The summed E-state index contributed by atoms with van der Waals surface area (Å²) in [5.41, 5.74) is 4.95. The first-order valence-electron chi connectivity index (χ1n) is 5.01. The maximum absolute atomic E-state index is 11.5. The van der Waals surface area contributed by atoms with E-state index in [-0.39, 0.29) is 5.76 Å². The van der Waals surface area contributed by atoms with Gasteiger partial charge in [0, 0.05) is 0 Å². The number of esters is 1. The molecule has 0 aliphatic carbocycles. The van der Waals surface area contributed by atoms with Gasteiger partial charge in [-0.25, -0.2) is 0 Å². The zero-order valence-corrected chi connectivity index (χ0v) is 9.64. The molecule has 1 rings (SSSR count). The van der Waals surface area contributed by atoms with Crippen LogP contribution in [0, 0.1) is 0 Å². The molecule has 0 aromatic carbocycles. The minimum absolute atomic E-state index is 0.248. The van der Waals surface area contributed by atoms with E-state index in [9.17, 15) is 9.90 Å².